The second-order valence-electron chi connectivity index (χ2n) is 4.98. The van der Waals surface area contributed by atoms with E-state index in [0.717, 1.165) is 11.0 Å². The Hall–Kier alpha value is -0.795. The largest absolute Gasteiger partial charge is 0.492 e. The lowest BCUT2D eigenvalue weighted by molar-refractivity contribution is 0.101. The van der Waals surface area contributed by atoms with Gasteiger partial charge in [-0.2, -0.15) is 0 Å². The average molecular weight is 234 g/mol. The molecule has 1 heterocycles. The Morgan fingerprint density at radius 3 is 2.35 bits per heavy atom. The fourth-order valence-electron chi connectivity index (χ4n) is 2.08. The van der Waals surface area contributed by atoms with Gasteiger partial charge in [-0.05, 0) is 36.4 Å². The first-order valence-corrected chi connectivity index (χ1v) is 6.42. The predicted molar refractivity (Wildman–Crippen MR) is 73.6 cm³/mol. The van der Waals surface area contributed by atoms with E-state index in [1.165, 1.54) is 5.56 Å². The van der Waals surface area contributed by atoms with Gasteiger partial charge >= 0.3 is 7.12 Å². The highest BCUT2D eigenvalue weighted by atomic mass is 16.5. The van der Waals surface area contributed by atoms with E-state index in [4.69, 9.17) is 4.65 Å². The molecule has 0 amide bonds. The Kier molecular flexibility index (Phi) is 4.39. The molecule has 94 valence electrons. The highest BCUT2D eigenvalue weighted by Gasteiger charge is 2.40. The first-order valence-electron chi connectivity index (χ1n) is 6.42. The van der Waals surface area contributed by atoms with Crippen LogP contribution in [0.15, 0.2) is 18.2 Å². The van der Waals surface area contributed by atoms with Crippen molar-refractivity contribution in [1.82, 2.24) is 0 Å². The average Bonchev–Trinajstić information content (AvgIpc) is 2.52. The van der Waals surface area contributed by atoms with Crippen LogP contribution in [-0.2, 0) is 10.3 Å². The molecule has 0 atom stereocenters. The van der Waals surface area contributed by atoms with E-state index in [-0.39, 0.29) is 5.60 Å². The third kappa shape index (κ3) is 2.72. The summed E-state index contributed by atoms with van der Waals surface area (Å²) >= 11 is 0. The molecule has 1 aliphatic rings. The molecule has 2 rings (SSSR count). The molecule has 2 nitrogen and oxygen atoms in total. The number of benzene rings is 1. The lowest BCUT2D eigenvalue weighted by atomic mass is 9.77. The molecule has 0 saturated carbocycles. The quantitative estimate of drug-likeness (QED) is 0.757. The number of rotatable bonds is 1. The number of hydrogen-bond acceptors (Lipinski definition) is 2. The van der Waals surface area contributed by atoms with E-state index in [2.05, 4.69) is 26.0 Å². The monoisotopic (exact) mass is 234 g/mol. The van der Waals surface area contributed by atoms with Crippen LogP contribution in [0.2, 0.25) is 0 Å². The normalized spacial score (nSPS) is 16.6. The van der Waals surface area contributed by atoms with Crippen LogP contribution in [0.5, 0.6) is 0 Å². The summed E-state index contributed by atoms with van der Waals surface area (Å²) in [7, 11) is -0.767. The van der Waals surface area contributed by atoms with E-state index < -0.39 is 7.12 Å². The minimum absolute atomic E-state index is 0.375. The molecule has 1 aliphatic heterocycles. The summed E-state index contributed by atoms with van der Waals surface area (Å²) in [6.45, 7) is 12.3. The fourth-order valence-corrected chi connectivity index (χ4v) is 2.08. The summed E-state index contributed by atoms with van der Waals surface area (Å²) < 4.78 is 5.51. The van der Waals surface area contributed by atoms with Gasteiger partial charge in [-0.1, -0.05) is 45.9 Å². The SMILES string of the molecule is CC.CC(C)c1ccc2c(c1)C(C)(C)OB2O. The molecule has 0 bridgehead atoms. The summed E-state index contributed by atoms with van der Waals surface area (Å²) in [6.07, 6.45) is 0. The lowest BCUT2D eigenvalue weighted by Gasteiger charge is -2.20. The molecular formula is C14H23BO2. The molecule has 1 aromatic rings. The third-order valence-corrected chi connectivity index (χ3v) is 3.06. The molecule has 1 N–H and O–H groups in total. The highest BCUT2D eigenvalue weighted by Crippen LogP contribution is 2.31. The highest BCUT2D eigenvalue weighted by molar-refractivity contribution is 6.61. The second kappa shape index (κ2) is 5.24. The van der Waals surface area contributed by atoms with Gasteiger partial charge in [0.2, 0.25) is 0 Å². The van der Waals surface area contributed by atoms with E-state index >= 15 is 0 Å². The van der Waals surface area contributed by atoms with Crippen LogP contribution >= 0.6 is 0 Å². The van der Waals surface area contributed by atoms with Crippen LogP contribution in [0.3, 0.4) is 0 Å². The summed E-state index contributed by atoms with van der Waals surface area (Å²) in [5, 5.41) is 9.72. The molecule has 0 saturated heterocycles. The van der Waals surface area contributed by atoms with Gasteiger partial charge in [0, 0.05) is 0 Å². The van der Waals surface area contributed by atoms with Gasteiger partial charge in [-0.25, -0.2) is 0 Å². The Labute approximate surface area is 105 Å². The molecule has 17 heavy (non-hydrogen) atoms. The molecule has 0 aromatic heterocycles. The fraction of sp³-hybridized carbons (Fsp3) is 0.571. The molecule has 0 fully saturated rings. The van der Waals surface area contributed by atoms with E-state index in [1.807, 2.05) is 33.8 Å². The smallest absolute Gasteiger partial charge is 0.423 e. The maximum atomic E-state index is 9.72. The molecule has 0 radical (unpaired) electrons. The van der Waals surface area contributed by atoms with Crippen molar-refractivity contribution in [3.8, 4) is 0 Å². The molecule has 0 unspecified atom stereocenters. The van der Waals surface area contributed by atoms with Crippen LogP contribution in [0.4, 0.5) is 0 Å². The van der Waals surface area contributed by atoms with Gasteiger partial charge in [0.15, 0.2) is 0 Å². The number of hydrogen-bond donors (Lipinski definition) is 1. The maximum Gasteiger partial charge on any atom is 0.492 e. The van der Waals surface area contributed by atoms with Crippen molar-refractivity contribution in [2.24, 2.45) is 0 Å². The van der Waals surface area contributed by atoms with Crippen LogP contribution in [0, 0.1) is 0 Å². The van der Waals surface area contributed by atoms with Gasteiger partial charge < -0.3 is 9.68 Å². The van der Waals surface area contributed by atoms with Crippen molar-refractivity contribution in [3.63, 3.8) is 0 Å². The molecule has 3 heteroatoms. The van der Waals surface area contributed by atoms with Gasteiger partial charge in [0.25, 0.3) is 0 Å². The van der Waals surface area contributed by atoms with Crippen molar-refractivity contribution in [2.75, 3.05) is 0 Å². The minimum Gasteiger partial charge on any atom is -0.423 e. The van der Waals surface area contributed by atoms with Crippen molar-refractivity contribution >= 4 is 12.6 Å². The van der Waals surface area contributed by atoms with Crippen molar-refractivity contribution in [1.29, 1.82) is 0 Å². The van der Waals surface area contributed by atoms with Crippen LogP contribution < -0.4 is 5.46 Å². The van der Waals surface area contributed by atoms with Gasteiger partial charge in [0.05, 0.1) is 5.60 Å². The van der Waals surface area contributed by atoms with Crippen molar-refractivity contribution in [2.45, 2.75) is 53.1 Å². The second-order valence-corrected chi connectivity index (χ2v) is 4.98. The summed E-state index contributed by atoms with van der Waals surface area (Å²) in [4.78, 5) is 0. The van der Waals surface area contributed by atoms with Crippen molar-refractivity contribution < 1.29 is 9.68 Å². The molecule has 0 spiro atoms. The molecular weight excluding hydrogens is 211 g/mol. The third-order valence-electron chi connectivity index (χ3n) is 3.06. The maximum absolute atomic E-state index is 9.72. The Morgan fingerprint density at radius 1 is 1.24 bits per heavy atom. The van der Waals surface area contributed by atoms with E-state index in [9.17, 15) is 5.02 Å². The Morgan fingerprint density at radius 2 is 1.82 bits per heavy atom. The van der Waals surface area contributed by atoms with Gasteiger partial charge in [-0.15, -0.1) is 0 Å². The predicted octanol–water partition coefficient (Wildman–Crippen LogP) is 2.79. The van der Waals surface area contributed by atoms with E-state index in [0.29, 0.717) is 5.92 Å². The topological polar surface area (TPSA) is 29.5 Å². The zero-order valence-corrected chi connectivity index (χ0v) is 11.7. The number of fused-ring (bicyclic) bond motifs is 1. The molecule has 0 aliphatic carbocycles. The van der Waals surface area contributed by atoms with Crippen molar-refractivity contribution in [3.05, 3.63) is 29.3 Å². The van der Waals surface area contributed by atoms with Gasteiger partial charge in [-0.3, -0.25) is 0 Å². The zero-order valence-electron chi connectivity index (χ0n) is 11.7. The molecule has 1 aromatic carbocycles. The summed E-state index contributed by atoms with van der Waals surface area (Å²) in [5.74, 6) is 0.504. The summed E-state index contributed by atoms with van der Waals surface area (Å²) in [6, 6.07) is 6.19. The van der Waals surface area contributed by atoms with E-state index in [1.54, 1.807) is 0 Å². The Balaban J connectivity index is 0.000000686. The first-order chi connectivity index (χ1) is 7.92. The first kappa shape index (κ1) is 14.3. The van der Waals surface area contributed by atoms with Gasteiger partial charge in [0.1, 0.15) is 0 Å². The van der Waals surface area contributed by atoms with Crippen LogP contribution in [-0.4, -0.2) is 12.1 Å². The minimum atomic E-state index is -0.767. The zero-order chi connectivity index (χ0) is 13.2. The van der Waals surface area contributed by atoms with Crippen LogP contribution in [0.1, 0.15) is 58.6 Å². The summed E-state index contributed by atoms with van der Waals surface area (Å²) in [5.41, 5.74) is 2.93. The van der Waals surface area contributed by atoms with Crippen LogP contribution in [0.25, 0.3) is 0 Å². The Bertz CT molecular complexity index is 386. The lowest BCUT2D eigenvalue weighted by Crippen LogP contribution is -2.28. The standard InChI is InChI=1S/C12H17BO2.C2H6/c1-8(2)9-5-6-11-10(7-9)12(3,4)15-13(11)14;1-2/h5-8,14H,1-4H3;1-2H3.